The maximum Gasteiger partial charge on any atom is 0.229 e. The Kier molecular flexibility index (Phi) is 6.34. The number of halogens is 3. The van der Waals surface area contributed by atoms with Crippen LogP contribution < -0.4 is 10.0 Å². The molecule has 3 atom stereocenters. The van der Waals surface area contributed by atoms with E-state index in [0.29, 0.717) is 17.5 Å². The number of sulfonamides is 1. The molecular weight excluding hydrogens is 453 g/mol. The summed E-state index contributed by atoms with van der Waals surface area (Å²) < 4.78 is 68.3. The van der Waals surface area contributed by atoms with Crippen molar-refractivity contribution >= 4 is 21.6 Å². The summed E-state index contributed by atoms with van der Waals surface area (Å²) in [5.74, 6) is -2.80. The summed E-state index contributed by atoms with van der Waals surface area (Å²) in [5, 5.41) is 2.81. The maximum atomic E-state index is 14.7. The van der Waals surface area contributed by atoms with Gasteiger partial charge in [0.15, 0.2) is 0 Å². The molecule has 5 nitrogen and oxygen atoms in total. The Balaban J connectivity index is 1.73. The lowest BCUT2D eigenvalue weighted by Crippen LogP contribution is -2.30. The summed E-state index contributed by atoms with van der Waals surface area (Å²) in [5.41, 5.74) is -0.672. The van der Waals surface area contributed by atoms with Crippen LogP contribution in [0.3, 0.4) is 0 Å². The zero-order valence-corrected chi connectivity index (χ0v) is 20.3. The highest BCUT2D eigenvalue weighted by Crippen LogP contribution is 2.54. The van der Waals surface area contributed by atoms with Crippen molar-refractivity contribution in [1.29, 1.82) is 0 Å². The molecule has 0 heterocycles. The molecule has 1 saturated carbocycles. The molecule has 1 aliphatic carbocycles. The quantitative estimate of drug-likeness (QED) is 0.613. The third-order valence-corrected chi connectivity index (χ3v) is 6.74. The highest BCUT2D eigenvalue weighted by molar-refractivity contribution is 7.92. The first-order valence-corrected chi connectivity index (χ1v) is 12.5. The van der Waals surface area contributed by atoms with E-state index in [2.05, 4.69) is 10.0 Å². The van der Waals surface area contributed by atoms with Crippen LogP contribution in [0.25, 0.3) is 0 Å². The van der Waals surface area contributed by atoms with Crippen molar-refractivity contribution in [1.82, 2.24) is 5.32 Å². The van der Waals surface area contributed by atoms with Gasteiger partial charge in [-0.25, -0.2) is 21.6 Å². The van der Waals surface area contributed by atoms with Crippen LogP contribution in [0.4, 0.5) is 18.9 Å². The first-order chi connectivity index (χ1) is 15.0. The second-order valence-corrected chi connectivity index (χ2v) is 11.8. The molecular formula is C24H29F3N2O3S. The summed E-state index contributed by atoms with van der Waals surface area (Å²) in [6, 6.07) is 6.02. The molecule has 0 saturated heterocycles. The average molecular weight is 483 g/mol. The maximum absolute atomic E-state index is 14.7. The van der Waals surface area contributed by atoms with Gasteiger partial charge in [0.05, 0.1) is 18.0 Å². The molecule has 0 radical (unpaired) electrons. The molecule has 180 valence electrons. The van der Waals surface area contributed by atoms with Crippen LogP contribution >= 0.6 is 0 Å². The Labute approximate surface area is 192 Å². The van der Waals surface area contributed by atoms with Crippen molar-refractivity contribution in [3.8, 4) is 0 Å². The molecule has 3 rings (SSSR count). The predicted octanol–water partition coefficient (Wildman–Crippen LogP) is 4.93. The number of hydrogen-bond donors (Lipinski definition) is 2. The number of hydrogen-bond acceptors (Lipinski definition) is 3. The molecule has 1 aliphatic rings. The lowest BCUT2D eigenvalue weighted by atomic mass is 9.83. The molecule has 0 spiro atoms. The van der Waals surface area contributed by atoms with Gasteiger partial charge < -0.3 is 5.32 Å². The van der Waals surface area contributed by atoms with Crippen LogP contribution in [0, 0.1) is 23.4 Å². The molecule has 1 fully saturated rings. The molecule has 9 heteroatoms. The van der Waals surface area contributed by atoms with Crippen molar-refractivity contribution in [2.75, 3.05) is 11.0 Å². The van der Waals surface area contributed by atoms with Crippen molar-refractivity contribution in [2.24, 2.45) is 5.92 Å². The van der Waals surface area contributed by atoms with Gasteiger partial charge in [-0.2, -0.15) is 0 Å². The Hall–Kier alpha value is -2.55. The summed E-state index contributed by atoms with van der Waals surface area (Å²) in [7, 11) is -3.62. The van der Waals surface area contributed by atoms with Crippen LogP contribution in [0.15, 0.2) is 30.3 Å². The Bertz CT molecular complexity index is 1180. The molecule has 0 bridgehead atoms. The SMILES string of the molecule is C[C@@H](NC(=O)[C@H]1C[C@]1(C)c1cc(F)c(C(C)(C)C)c(F)c1)c1ccc(NS(C)(=O)=O)c(F)c1. The first kappa shape index (κ1) is 25.1. The largest absolute Gasteiger partial charge is 0.349 e. The van der Waals surface area contributed by atoms with Crippen LogP contribution in [-0.2, 0) is 25.6 Å². The molecule has 2 aromatic rings. The number of nitrogens with one attached hydrogen (secondary N) is 2. The fourth-order valence-electron chi connectivity index (χ4n) is 4.17. The van der Waals surface area contributed by atoms with Gasteiger partial charge in [-0.15, -0.1) is 0 Å². The molecule has 2 aromatic carbocycles. The molecule has 0 aromatic heterocycles. The molecule has 0 unspecified atom stereocenters. The zero-order valence-electron chi connectivity index (χ0n) is 19.5. The summed E-state index contributed by atoms with van der Waals surface area (Å²) >= 11 is 0. The number of anilines is 1. The van der Waals surface area contributed by atoms with E-state index in [1.807, 2.05) is 0 Å². The predicted molar refractivity (Wildman–Crippen MR) is 122 cm³/mol. The van der Waals surface area contributed by atoms with Gasteiger partial charge in [0.1, 0.15) is 17.5 Å². The fourth-order valence-corrected chi connectivity index (χ4v) is 4.73. The number of carbonyl (C=O) groups excluding carboxylic acids is 1. The Morgan fingerprint density at radius 2 is 1.67 bits per heavy atom. The van der Waals surface area contributed by atoms with Crippen LogP contribution in [0.5, 0.6) is 0 Å². The van der Waals surface area contributed by atoms with Gasteiger partial charge in [-0.05, 0) is 54.2 Å². The third kappa shape index (κ3) is 5.34. The normalized spacial score (nSPS) is 21.4. The molecule has 1 amide bonds. The smallest absolute Gasteiger partial charge is 0.229 e. The lowest BCUT2D eigenvalue weighted by molar-refractivity contribution is -0.123. The van der Waals surface area contributed by atoms with Gasteiger partial charge in [-0.3, -0.25) is 9.52 Å². The van der Waals surface area contributed by atoms with Gasteiger partial charge in [-0.1, -0.05) is 33.8 Å². The van der Waals surface area contributed by atoms with Crippen molar-refractivity contribution in [3.63, 3.8) is 0 Å². The number of carbonyl (C=O) groups is 1. The van der Waals surface area contributed by atoms with E-state index >= 15 is 0 Å². The summed E-state index contributed by atoms with van der Waals surface area (Å²) in [4.78, 5) is 12.8. The van der Waals surface area contributed by atoms with E-state index in [4.69, 9.17) is 0 Å². The minimum Gasteiger partial charge on any atom is -0.349 e. The van der Waals surface area contributed by atoms with Crippen LogP contribution in [0.2, 0.25) is 0 Å². The van der Waals surface area contributed by atoms with Crippen molar-refractivity contribution < 1.29 is 26.4 Å². The monoisotopic (exact) mass is 482 g/mol. The standard InChI is InChI=1S/C24H29F3N2O3S/c1-13(14-7-8-20(17(25)9-14)29-33(6,31)32)28-22(30)16-12-24(16,5)15-10-18(26)21(19(27)11-15)23(2,3)4/h7-11,13,16,29H,12H2,1-6H3,(H,28,30)/t13-,16-,24-/m1/s1. The highest BCUT2D eigenvalue weighted by Gasteiger charge is 2.56. The van der Waals surface area contributed by atoms with E-state index in [1.54, 1.807) is 34.6 Å². The van der Waals surface area contributed by atoms with Crippen LogP contribution in [-0.4, -0.2) is 20.6 Å². The number of amides is 1. The second kappa shape index (κ2) is 8.34. The van der Waals surface area contributed by atoms with Crippen molar-refractivity contribution in [2.45, 2.75) is 57.9 Å². The van der Waals surface area contributed by atoms with Gasteiger partial charge >= 0.3 is 0 Å². The topological polar surface area (TPSA) is 75.3 Å². The van der Waals surface area contributed by atoms with E-state index in [-0.39, 0.29) is 17.2 Å². The van der Waals surface area contributed by atoms with Gasteiger partial charge in [0.2, 0.25) is 15.9 Å². The molecule has 2 N–H and O–H groups in total. The van der Waals surface area contributed by atoms with Crippen LogP contribution in [0.1, 0.15) is 63.8 Å². The third-order valence-electron chi connectivity index (χ3n) is 6.15. The number of benzene rings is 2. The lowest BCUT2D eigenvalue weighted by Gasteiger charge is -2.23. The van der Waals surface area contributed by atoms with Crippen molar-refractivity contribution in [3.05, 3.63) is 64.5 Å². The Morgan fingerprint density at radius 3 is 2.15 bits per heavy atom. The summed E-state index contributed by atoms with van der Waals surface area (Å²) in [6.07, 6.45) is 1.36. The average Bonchev–Trinajstić information content (AvgIpc) is 3.34. The first-order valence-electron chi connectivity index (χ1n) is 10.6. The number of rotatable bonds is 6. The Morgan fingerprint density at radius 1 is 1.09 bits per heavy atom. The zero-order chi connectivity index (χ0) is 24.9. The fraction of sp³-hybridized carbons (Fsp3) is 0.458. The minimum atomic E-state index is -3.62. The molecule has 33 heavy (non-hydrogen) atoms. The highest BCUT2D eigenvalue weighted by atomic mass is 32.2. The van der Waals surface area contributed by atoms with E-state index in [1.165, 1.54) is 24.3 Å². The van der Waals surface area contributed by atoms with Gasteiger partial charge in [0, 0.05) is 16.9 Å². The van der Waals surface area contributed by atoms with Gasteiger partial charge in [0.25, 0.3) is 0 Å². The van der Waals surface area contributed by atoms with E-state index in [0.717, 1.165) is 12.3 Å². The summed E-state index contributed by atoms with van der Waals surface area (Å²) in [6.45, 7) is 8.66. The second-order valence-electron chi connectivity index (χ2n) is 10.1. The molecule has 0 aliphatic heterocycles. The van der Waals surface area contributed by atoms with E-state index < -0.39 is 50.3 Å². The minimum absolute atomic E-state index is 0.0148. The van der Waals surface area contributed by atoms with E-state index in [9.17, 15) is 26.4 Å².